The van der Waals surface area contributed by atoms with E-state index >= 15 is 0 Å². The van der Waals surface area contributed by atoms with Crippen LogP contribution in [0.3, 0.4) is 0 Å². The molecule has 0 spiro atoms. The summed E-state index contributed by atoms with van der Waals surface area (Å²) in [6.07, 6.45) is 2.24. The lowest BCUT2D eigenvalue weighted by atomic mass is 10.1. The number of nitrogens with one attached hydrogen (secondary N) is 1. The van der Waals surface area contributed by atoms with Crippen LogP contribution in [-0.2, 0) is 11.2 Å². The lowest BCUT2D eigenvalue weighted by Gasteiger charge is -2.12. The van der Waals surface area contributed by atoms with Gasteiger partial charge in [-0.3, -0.25) is 14.0 Å². The number of para-hydroxylation sites is 1. The van der Waals surface area contributed by atoms with Gasteiger partial charge in [0.2, 0.25) is 0 Å². The van der Waals surface area contributed by atoms with Crippen molar-refractivity contribution in [2.45, 2.75) is 20.3 Å². The molecule has 1 N–H and O–H groups in total. The van der Waals surface area contributed by atoms with E-state index in [-0.39, 0.29) is 18.1 Å². The fourth-order valence-corrected chi connectivity index (χ4v) is 4.65. The molecule has 210 valence electrons. The molecule has 10 nitrogen and oxygen atoms in total. The summed E-state index contributed by atoms with van der Waals surface area (Å²) in [5.74, 6) is 1.33. The number of hydrogen-bond acceptors (Lipinski definition) is 7. The van der Waals surface area contributed by atoms with Crippen LogP contribution in [-0.4, -0.2) is 52.4 Å². The van der Waals surface area contributed by atoms with Gasteiger partial charge in [-0.2, -0.15) is 5.10 Å². The van der Waals surface area contributed by atoms with E-state index in [1.807, 2.05) is 61.5 Å². The molecule has 3 heterocycles. The Kier molecular flexibility index (Phi) is 8.00. The highest BCUT2D eigenvalue weighted by molar-refractivity contribution is 5.78. The SMILES string of the molecule is COc1ccc(CCNC(=O)COc2cccn3c(=O)c(-c4cc(C)n(-c5ccccc5)n4)c(C)nc23)cc1OC. The lowest BCUT2D eigenvalue weighted by molar-refractivity contribution is -0.123. The molecule has 0 aliphatic rings. The van der Waals surface area contributed by atoms with Gasteiger partial charge < -0.3 is 19.5 Å². The molecule has 10 heteroatoms. The summed E-state index contributed by atoms with van der Waals surface area (Å²) in [6, 6.07) is 20.6. The van der Waals surface area contributed by atoms with Crippen LogP contribution in [0.4, 0.5) is 0 Å². The number of ether oxygens (including phenoxy) is 3. The van der Waals surface area contributed by atoms with E-state index in [2.05, 4.69) is 10.3 Å². The van der Waals surface area contributed by atoms with Crippen LogP contribution < -0.4 is 25.1 Å². The third-order valence-corrected chi connectivity index (χ3v) is 6.69. The first-order valence-electron chi connectivity index (χ1n) is 13.1. The molecule has 2 aromatic carbocycles. The van der Waals surface area contributed by atoms with Gasteiger partial charge in [0, 0.05) is 18.4 Å². The molecule has 41 heavy (non-hydrogen) atoms. The highest BCUT2D eigenvalue weighted by Crippen LogP contribution is 2.28. The Labute approximate surface area is 237 Å². The van der Waals surface area contributed by atoms with E-state index in [0.717, 1.165) is 16.9 Å². The Morgan fingerprint density at radius 2 is 1.71 bits per heavy atom. The van der Waals surface area contributed by atoms with E-state index in [1.54, 1.807) is 44.2 Å². The smallest absolute Gasteiger partial charge is 0.267 e. The number of amides is 1. The molecular weight excluding hydrogens is 522 g/mol. The van der Waals surface area contributed by atoms with Gasteiger partial charge >= 0.3 is 0 Å². The third-order valence-electron chi connectivity index (χ3n) is 6.69. The standard InChI is InChI=1S/C31H31N5O5/c1-20-17-24(34-36(20)23-9-6-5-7-10-23)29-21(2)33-30-26(11-8-16-35(30)31(29)38)41-19-28(37)32-15-14-22-12-13-25(39-3)27(18-22)40-4/h5-13,16-18H,14-15,19H2,1-4H3,(H,32,37). The van der Waals surface area contributed by atoms with Crippen LogP contribution in [0.1, 0.15) is 17.0 Å². The lowest BCUT2D eigenvalue weighted by Crippen LogP contribution is -2.30. The van der Waals surface area contributed by atoms with Gasteiger partial charge in [0.25, 0.3) is 11.5 Å². The summed E-state index contributed by atoms with van der Waals surface area (Å²) in [7, 11) is 3.17. The van der Waals surface area contributed by atoms with Gasteiger partial charge in [-0.15, -0.1) is 0 Å². The summed E-state index contributed by atoms with van der Waals surface area (Å²) in [6.45, 7) is 3.91. The average Bonchev–Trinajstić information content (AvgIpc) is 3.37. The molecule has 5 aromatic rings. The van der Waals surface area contributed by atoms with Crippen LogP contribution in [0.15, 0.2) is 77.7 Å². The van der Waals surface area contributed by atoms with Gasteiger partial charge in [-0.25, -0.2) is 9.67 Å². The maximum atomic E-state index is 13.6. The molecular formula is C31H31N5O5. The number of carbonyl (C=O) groups excluding carboxylic acids is 1. The highest BCUT2D eigenvalue weighted by atomic mass is 16.5. The van der Waals surface area contributed by atoms with E-state index in [9.17, 15) is 9.59 Å². The molecule has 0 saturated heterocycles. The Hall–Kier alpha value is -5.12. The molecule has 0 saturated carbocycles. The molecule has 0 aliphatic carbocycles. The van der Waals surface area contributed by atoms with Gasteiger partial charge in [-0.05, 0) is 68.3 Å². The molecule has 0 bridgehead atoms. The second-order valence-corrected chi connectivity index (χ2v) is 9.44. The molecule has 0 fully saturated rings. The molecule has 0 unspecified atom stereocenters. The number of carbonyl (C=O) groups is 1. The second kappa shape index (κ2) is 12.0. The molecule has 3 aromatic heterocycles. The molecule has 0 radical (unpaired) electrons. The van der Waals surface area contributed by atoms with Crippen LogP contribution >= 0.6 is 0 Å². The maximum Gasteiger partial charge on any atom is 0.267 e. The monoisotopic (exact) mass is 553 g/mol. The fourth-order valence-electron chi connectivity index (χ4n) is 4.65. The van der Waals surface area contributed by atoms with Crippen molar-refractivity contribution in [3.05, 3.63) is 100 Å². The summed E-state index contributed by atoms with van der Waals surface area (Å²) in [4.78, 5) is 30.8. The highest BCUT2D eigenvalue weighted by Gasteiger charge is 2.18. The summed E-state index contributed by atoms with van der Waals surface area (Å²) in [5, 5.41) is 7.55. The molecule has 0 aliphatic heterocycles. The van der Waals surface area contributed by atoms with Gasteiger partial charge in [0.15, 0.2) is 29.5 Å². The van der Waals surface area contributed by atoms with E-state index in [0.29, 0.717) is 52.8 Å². The predicted octanol–water partition coefficient (Wildman–Crippen LogP) is 3.92. The normalized spacial score (nSPS) is 10.9. The number of rotatable bonds is 10. The molecule has 0 atom stereocenters. The maximum absolute atomic E-state index is 13.6. The number of aryl methyl sites for hydroxylation is 2. The van der Waals surface area contributed by atoms with E-state index < -0.39 is 0 Å². The van der Waals surface area contributed by atoms with Crippen molar-refractivity contribution in [1.82, 2.24) is 24.5 Å². The first-order valence-corrected chi connectivity index (χ1v) is 13.1. The van der Waals surface area contributed by atoms with Crippen LogP contribution in [0.25, 0.3) is 22.6 Å². The van der Waals surface area contributed by atoms with Crippen molar-refractivity contribution in [3.63, 3.8) is 0 Å². The number of fused-ring (bicyclic) bond motifs is 1. The van der Waals surface area contributed by atoms with Crippen LogP contribution in [0, 0.1) is 13.8 Å². The first kappa shape index (κ1) is 27.4. The van der Waals surface area contributed by atoms with Crippen molar-refractivity contribution in [2.75, 3.05) is 27.4 Å². The van der Waals surface area contributed by atoms with Gasteiger partial charge in [-0.1, -0.05) is 24.3 Å². The van der Waals surface area contributed by atoms with Crippen molar-refractivity contribution in [2.24, 2.45) is 0 Å². The zero-order chi connectivity index (χ0) is 28.9. The Morgan fingerprint density at radius 3 is 2.46 bits per heavy atom. The largest absolute Gasteiger partial charge is 0.493 e. The van der Waals surface area contributed by atoms with Crippen molar-refractivity contribution >= 4 is 11.6 Å². The molecule has 5 rings (SSSR count). The molecule has 1 amide bonds. The van der Waals surface area contributed by atoms with E-state index in [1.165, 1.54) is 4.40 Å². The number of benzene rings is 2. The zero-order valence-electron chi connectivity index (χ0n) is 23.4. The average molecular weight is 554 g/mol. The Morgan fingerprint density at radius 1 is 0.927 bits per heavy atom. The van der Waals surface area contributed by atoms with Crippen LogP contribution in [0.5, 0.6) is 17.2 Å². The van der Waals surface area contributed by atoms with Gasteiger partial charge in [0.1, 0.15) is 5.69 Å². The number of methoxy groups -OCH3 is 2. The van der Waals surface area contributed by atoms with Crippen molar-refractivity contribution < 1.29 is 19.0 Å². The van der Waals surface area contributed by atoms with E-state index in [4.69, 9.17) is 19.3 Å². The number of aromatic nitrogens is 4. The Bertz CT molecular complexity index is 1760. The Balaban J connectivity index is 1.29. The zero-order valence-corrected chi connectivity index (χ0v) is 23.4. The summed E-state index contributed by atoms with van der Waals surface area (Å²) >= 11 is 0. The number of pyridine rings is 1. The minimum Gasteiger partial charge on any atom is -0.493 e. The minimum atomic E-state index is -0.287. The van der Waals surface area contributed by atoms with Crippen molar-refractivity contribution in [3.8, 4) is 34.2 Å². The third kappa shape index (κ3) is 5.76. The topological polar surface area (TPSA) is 109 Å². The second-order valence-electron chi connectivity index (χ2n) is 9.44. The minimum absolute atomic E-state index is 0.219. The summed E-state index contributed by atoms with van der Waals surface area (Å²) in [5.41, 5.74) is 4.32. The van der Waals surface area contributed by atoms with Crippen molar-refractivity contribution in [1.29, 1.82) is 0 Å². The van der Waals surface area contributed by atoms with Crippen LogP contribution in [0.2, 0.25) is 0 Å². The first-order chi connectivity index (χ1) is 19.9. The number of hydrogen-bond donors (Lipinski definition) is 1. The number of nitrogens with zero attached hydrogens (tertiary/aromatic N) is 4. The predicted molar refractivity (Wildman–Crippen MR) is 155 cm³/mol. The fraction of sp³-hybridized carbons (Fsp3) is 0.226. The van der Waals surface area contributed by atoms with Gasteiger partial charge in [0.05, 0.1) is 31.2 Å². The quantitative estimate of drug-likeness (QED) is 0.279. The summed E-state index contributed by atoms with van der Waals surface area (Å²) < 4.78 is 19.6.